The lowest BCUT2D eigenvalue weighted by atomic mass is 10.2. The molecule has 1 saturated heterocycles. The molecule has 2 N–H and O–H groups in total. The van der Waals surface area contributed by atoms with Crippen LogP contribution in [0.5, 0.6) is 11.5 Å². The molecular weight excluding hydrogens is 418 g/mol. The van der Waals surface area contributed by atoms with E-state index >= 15 is 0 Å². The zero-order chi connectivity index (χ0) is 22.4. The molecule has 2 aromatic rings. The smallest absolute Gasteiger partial charge is 0.246 e. The van der Waals surface area contributed by atoms with Gasteiger partial charge in [0, 0.05) is 18.8 Å². The summed E-state index contributed by atoms with van der Waals surface area (Å²) in [5.41, 5.74) is 1.07. The van der Waals surface area contributed by atoms with Crippen molar-refractivity contribution in [3.8, 4) is 11.5 Å². The molecule has 9 heteroatoms. The third-order valence-electron chi connectivity index (χ3n) is 5.24. The Kier molecular flexibility index (Phi) is 7.40. The molecule has 1 heterocycles. The molecule has 0 aromatic heterocycles. The third-order valence-corrected chi connectivity index (χ3v) is 7.16. The van der Waals surface area contributed by atoms with Crippen LogP contribution in [0.2, 0.25) is 0 Å². The second kappa shape index (κ2) is 10.0. The summed E-state index contributed by atoms with van der Waals surface area (Å²) in [6.45, 7) is 2.70. The zero-order valence-corrected chi connectivity index (χ0v) is 18.9. The molecule has 2 aromatic carbocycles. The first kappa shape index (κ1) is 22.9. The van der Waals surface area contributed by atoms with Gasteiger partial charge in [-0.2, -0.15) is 4.31 Å². The first-order valence-corrected chi connectivity index (χ1v) is 11.7. The normalized spacial score (nSPS) is 15.7. The summed E-state index contributed by atoms with van der Waals surface area (Å²) < 4.78 is 38.4. The lowest BCUT2D eigenvalue weighted by Gasteiger charge is -2.27. The summed E-state index contributed by atoms with van der Waals surface area (Å²) in [5, 5.41) is 5.90. The number of hydrogen-bond acceptors (Lipinski definition) is 6. The Hall–Kier alpha value is -2.78. The Morgan fingerprint density at radius 2 is 1.68 bits per heavy atom. The number of rotatable bonds is 8. The van der Waals surface area contributed by atoms with Gasteiger partial charge >= 0.3 is 0 Å². The number of para-hydroxylation sites is 2. The standard InChI is InChI=1S/C22H29N3O5S/c1-16(22(26)24-18-9-5-6-10-19(18)29-2)23-17-11-12-20(30-3)21(15-17)31(27,28)25-13-7-4-8-14-25/h5-6,9-12,15-16,23H,4,7-8,13-14H2,1-3H3,(H,24,26). The van der Waals surface area contributed by atoms with Crippen molar-refractivity contribution < 1.29 is 22.7 Å². The number of piperidine rings is 1. The molecule has 3 rings (SSSR count). The number of methoxy groups -OCH3 is 2. The number of hydrogen-bond donors (Lipinski definition) is 2. The minimum absolute atomic E-state index is 0.0965. The SMILES string of the molecule is COc1ccccc1NC(=O)C(C)Nc1ccc(OC)c(S(=O)(=O)N2CCCCC2)c1. The van der Waals surface area contributed by atoms with E-state index < -0.39 is 16.1 Å². The van der Waals surface area contributed by atoms with Gasteiger partial charge in [0.15, 0.2) is 0 Å². The van der Waals surface area contributed by atoms with Crippen molar-refractivity contribution in [2.45, 2.75) is 37.1 Å². The number of nitrogens with zero attached hydrogens (tertiary/aromatic N) is 1. The van der Waals surface area contributed by atoms with Gasteiger partial charge in [0.25, 0.3) is 0 Å². The van der Waals surface area contributed by atoms with E-state index in [4.69, 9.17) is 9.47 Å². The number of benzene rings is 2. The second-order valence-corrected chi connectivity index (χ2v) is 9.29. The summed E-state index contributed by atoms with van der Waals surface area (Å²) in [7, 11) is -0.708. The summed E-state index contributed by atoms with van der Waals surface area (Å²) in [5.74, 6) is 0.561. The number of carbonyl (C=O) groups excluding carboxylic acids is 1. The molecule has 0 spiro atoms. The molecule has 1 aliphatic heterocycles. The van der Waals surface area contributed by atoms with Crippen molar-refractivity contribution in [3.63, 3.8) is 0 Å². The largest absolute Gasteiger partial charge is 0.495 e. The first-order valence-electron chi connectivity index (χ1n) is 10.3. The maximum absolute atomic E-state index is 13.2. The quantitative estimate of drug-likeness (QED) is 0.644. The summed E-state index contributed by atoms with van der Waals surface area (Å²) in [6.07, 6.45) is 2.73. The predicted octanol–water partition coefficient (Wildman–Crippen LogP) is 3.32. The van der Waals surface area contributed by atoms with Gasteiger partial charge < -0.3 is 20.1 Å². The van der Waals surface area contributed by atoms with E-state index in [1.165, 1.54) is 24.6 Å². The van der Waals surface area contributed by atoms with E-state index in [0.29, 0.717) is 30.2 Å². The molecule has 8 nitrogen and oxygen atoms in total. The monoisotopic (exact) mass is 447 g/mol. The summed E-state index contributed by atoms with van der Waals surface area (Å²) in [6, 6.07) is 11.3. The molecule has 1 atom stereocenters. The molecule has 1 unspecified atom stereocenters. The highest BCUT2D eigenvalue weighted by atomic mass is 32.2. The maximum atomic E-state index is 13.2. The van der Waals surface area contributed by atoms with Crippen molar-refractivity contribution >= 4 is 27.3 Å². The molecule has 0 aliphatic carbocycles. The average Bonchev–Trinajstić information content (AvgIpc) is 2.79. The lowest BCUT2D eigenvalue weighted by molar-refractivity contribution is -0.116. The van der Waals surface area contributed by atoms with Gasteiger partial charge in [-0.1, -0.05) is 18.6 Å². The van der Waals surface area contributed by atoms with Crippen LogP contribution in [0.25, 0.3) is 0 Å². The third kappa shape index (κ3) is 5.29. The van der Waals surface area contributed by atoms with Gasteiger partial charge in [-0.15, -0.1) is 0 Å². The molecule has 31 heavy (non-hydrogen) atoms. The van der Waals surface area contributed by atoms with Crippen molar-refractivity contribution in [2.24, 2.45) is 0 Å². The first-order chi connectivity index (χ1) is 14.9. The van der Waals surface area contributed by atoms with Crippen molar-refractivity contribution in [2.75, 3.05) is 37.9 Å². The van der Waals surface area contributed by atoms with Crippen LogP contribution in [0, 0.1) is 0 Å². The second-order valence-electron chi connectivity index (χ2n) is 7.39. The molecular formula is C22H29N3O5S. The number of carbonyl (C=O) groups is 1. The van der Waals surface area contributed by atoms with Gasteiger partial charge in [-0.05, 0) is 50.1 Å². The Balaban J connectivity index is 1.78. The fourth-order valence-corrected chi connectivity index (χ4v) is 5.22. The minimum atomic E-state index is -3.69. The highest BCUT2D eigenvalue weighted by Gasteiger charge is 2.29. The van der Waals surface area contributed by atoms with Crippen LogP contribution < -0.4 is 20.1 Å². The molecule has 168 valence electrons. The summed E-state index contributed by atoms with van der Waals surface area (Å²) >= 11 is 0. The fourth-order valence-electron chi connectivity index (χ4n) is 3.52. The topological polar surface area (TPSA) is 97.0 Å². The molecule has 1 amide bonds. The summed E-state index contributed by atoms with van der Waals surface area (Å²) in [4.78, 5) is 12.8. The van der Waals surface area contributed by atoms with E-state index in [1.54, 1.807) is 37.3 Å². The molecule has 0 bridgehead atoms. The zero-order valence-electron chi connectivity index (χ0n) is 18.1. The minimum Gasteiger partial charge on any atom is -0.495 e. The highest BCUT2D eigenvalue weighted by Crippen LogP contribution is 2.31. The number of nitrogens with one attached hydrogen (secondary N) is 2. The predicted molar refractivity (Wildman–Crippen MR) is 120 cm³/mol. The molecule has 1 aliphatic rings. The van der Waals surface area contributed by atoms with E-state index in [2.05, 4.69) is 10.6 Å². The average molecular weight is 448 g/mol. The van der Waals surface area contributed by atoms with Gasteiger partial charge in [0.05, 0.1) is 19.9 Å². The van der Waals surface area contributed by atoms with Crippen LogP contribution in [0.4, 0.5) is 11.4 Å². The van der Waals surface area contributed by atoms with Crippen LogP contribution in [-0.2, 0) is 14.8 Å². The van der Waals surface area contributed by atoms with Crippen LogP contribution in [0.15, 0.2) is 47.4 Å². The van der Waals surface area contributed by atoms with Gasteiger partial charge in [-0.3, -0.25) is 4.79 Å². The van der Waals surface area contributed by atoms with E-state index in [0.717, 1.165) is 19.3 Å². The van der Waals surface area contributed by atoms with Crippen molar-refractivity contribution in [1.82, 2.24) is 4.31 Å². The maximum Gasteiger partial charge on any atom is 0.246 e. The van der Waals surface area contributed by atoms with Gasteiger partial charge in [0.2, 0.25) is 15.9 Å². The van der Waals surface area contributed by atoms with Crippen LogP contribution in [-0.4, -0.2) is 52.0 Å². The van der Waals surface area contributed by atoms with Crippen molar-refractivity contribution in [1.29, 1.82) is 0 Å². The molecule has 0 radical (unpaired) electrons. The van der Waals surface area contributed by atoms with Gasteiger partial charge in [0.1, 0.15) is 22.4 Å². The van der Waals surface area contributed by atoms with E-state index in [9.17, 15) is 13.2 Å². The van der Waals surface area contributed by atoms with E-state index in [1.807, 2.05) is 6.07 Å². The Labute approximate surface area is 183 Å². The van der Waals surface area contributed by atoms with Crippen LogP contribution in [0.3, 0.4) is 0 Å². The number of sulfonamides is 1. The number of ether oxygens (including phenoxy) is 2. The Morgan fingerprint density at radius 1 is 1.00 bits per heavy atom. The molecule has 0 saturated carbocycles. The highest BCUT2D eigenvalue weighted by molar-refractivity contribution is 7.89. The lowest BCUT2D eigenvalue weighted by Crippen LogP contribution is -2.36. The Morgan fingerprint density at radius 3 is 2.35 bits per heavy atom. The van der Waals surface area contributed by atoms with Gasteiger partial charge in [-0.25, -0.2) is 8.42 Å². The van der Waals surface area contributed by atoms with E-state index in [-0.39, 0.29) is 16.6 Å². The molecule has 1 fully saturated rings. The Bertz CT molecular complexity index is 1020. The van der Waals surface area contributed by atoms with Crippen LogP contribution in [0.1, 0.15) is 26.2 Å². The van der Waals surface area contributed by atoms with Crippen LogP contribution >= 0.6 is 0 Å². The number of amides is 1. The van der Waals surface area contributed by atoms with Crippen molar-refractivity contribution in [3.05, 3.63) is 42.5 Å². The fraction of sp³-hybridized carbons (Fsp3) is 0.409. The number of anilines is 2.